The maximum Gasteiger partial charge on any atom is 0.0764 e. The van der Waals surface area contributed by atoms with Crippen LogP contribution in [0.1, 0.15) is 26.2 Å². The van der Waals surface area contributed by atoms with Crippen LogP contribution in [0, 0.1) is 0 Å². The molecule has 0 atom stereocenters. The van der Waals surface area contributed by atoms with E-state index in [4.69, 9.17) is 10.2 Å². The molecule has 2 N–H and O–H groups in total. The lowest BCUT2D eigenvalue weighted by Crippen LogP contribution is -2.25. The Hall–Kier alpha value is -0.960. The first kappa shape index (κ1) is 13.0. The second kappa shape index (κ2) is 10.1. The molecule has 0 saturated carbocycles. The minimum Gasteiger partial charge on any atom is -0.516 e. The third-order valence-corrected chi connectivity index (χ3v) is 2.02. The molecule has 0 aromatic heterocycles. The molecular weight excluding hydrogens is 178 g/mol. The van der Waals surface area contributed by atoms with Gasteiger partial charge in [0.25, 0.3) is 0 Å². The van der Waals surface area contributed by atoms with E-state index < -0.39 is 0 Å². The fourth-order valence-corrected chi connectivity index (χ4v) is 1.23. The van der Waals surface area contributed by atoms with Crippen molar-refractivity contribution in [1.82, 2.24) is 4.90 Å². The number of rotatable bonds is 8. The quantitative estimate of drug-likeness (QED) is 0.466. The van der Waals surface area contributed by atoms with Gasteiger partial charge in [0.15, 0.2) is 0 Å². The van der Waals surface area contributed by atoms with Gasteiger partial charge in [0.2, 0.25) is 0 Å². The minimum atomic E-state index is 0.727. The maximum atomic E-state index is 8.54. The summed E-state index contributed by atoms with van der Waals surface area (Å²) in [4.78, 5) is 2.16. The van der Waals surface area contributed by atoms with Crippen molar-refractivity contribution in [3.63, 3.8) is 0 Å². The Kier molecular flexibility index (Phi) is 9.43. The topological polar surface area (TPSA) is 43.7 Å². The van der Waals surface area contributed by atoms with E-state index in [1.54, 1.807) is 12.2 Å². The van der Waals surface area contributed by atoms with Crippen LogP contribution >= 0.6 is 0 Å². The average Bonchev–Trinajstić information content (AvgIpc) is 2.21. The van der Waals surface area contributed by atoms with Gasteiger partial charge in [-0.05, 0) is 25.1 Å². The highest BCUT2D eigenvalue weighted by Crippen LogP contribution is 1.98. The van der Waals surface area contributed by atoms with E-state index in [0.717, 1.165) is 38.6 Å². The number of aliphatic hydroxyl groups is 2. The summed E-state index contributed by atoms with van der Waals surface area (Å²) >= 11 is 0. The summed E-state index contributed by atoms with van der Waals surface area (Å²) in [7, 11) is 0. The number of unbranched alkanes of at least 4 members (excludes halogenated alkanes) is 2. The monoisotopic (exact) mass is 199 g/mol. The van der Waals surface area contributed by atoms with E-state index in [-0.39, 0.29) is 0 Å². The second-order valence-corrected chi connectivity index (χ2v) is 3.24. The highest BCUT2D eigenvalue weighted by Gasteiger charge is 1.99. The molecule has 0 heterocycles. The summed E-state index contributed by atoms with van der Waals surface area (Å²) in [5, 5.41) is 17.1. The molecule has 0 bridgehead atoms. The van der Waals surface area contributed by atoms with E-state index in [9.17, 15) is 0 Å². The fraction of sp³-hybridized carbons (Fsp3) is 0.636. The summed E-state index contributed by atoms with van der Waals surface area (Å²) in [5.41, 5.74) is 0. The van der Waals surface area contributed by atoms with Crippen LogP contribution in [0.5, 0.6) is 0 Å². The van der Waals surface area contributed by atoms with Crippen LogP contribution in [0.4, 0.5) is 0 Å². The van der Waals surface area contributed by atoms with Crippen LogP contribution in [0.15, 0.2) is 24.7 Å². The molecule has 3 heteroatoms. The molecule has 0 aromatic rings. The first-order valence-electron chi connectivity index (χ1n) is 5.16. The van der Waals surface area contributed by atoms with Crippen LogP contribution in [0.3, 0.4) is 0 Å². The Bertz CT molecular complexity index is 153. The van der Waals surface area contributed by atoms with Crippen molar-refractivity contribution < 1.29 is 10.2 Å². The minimum absolute atomic E-state index is 0.727. The standard InChI is InChI=1S/C11H21NO2/c1-2-3-4-7-12(8-5-10-13)9-6-11-14/h5-6,10-11,13-14H,2-4,7-9H2,1H3. The molecule has 0 saturated heterocycles. The van der Waals surface area contributed by atoms with Crippen LogP contribution in [0.25, 0.3) is 0 Å². The maximum absolute atomic E-state index is 8.54. The van der Waals surface area contributed by atoms with Gasteiger partial charge in [-0.25, -0.2) is 0 Å². The van der Waals surface area contributed by atoms with E-state index in [1.807, 2.05) is 0 Å². The third-order valence-electron chi connectivity index (χ3n) is 2.02. The predicted octanol–water partition coefficient (Wildman–Crippen LogP) is 2.62. The molecule has 0 aliphatic heterocycles. The number of nitrogens with zero attached hydrogens (tertiary/aromatic N) is 1. The Morgan fingerprint density at radius 1 is 1.00 bits per heavy atom. The number of aliphatic hydroxyl groups excluding tert-OH is 2. The van der Waals surface area contributed by atoms with E-state index in [0.29, 0.717) is 0 Å². The average molecular weight is 199 g/mol. The molecule has 82 valence electrons. The highest BCUT2D eigenvalue weighted by molar-refractivity contribution is 4.83. The van der Waals surface area contributed by atoms with Gasteiger partial charge in [0.05, 0.1) is 12.5 Å². The summed E-state index contributed by atoms with van der Waals surface area (Å²) in [6.45, 7) is 4.63. The second-order valence-electron chi connectivity index (χ2n) is 3.24. The van der Waals surface area contributed by atoms with Crippen molar-refractivity contribution in [2.24, 2.45) is 0 Å². The smallest absolute Gasteiger partial charge is 0.0764 e. The third kappa shape index (κ3) is 7.68. The largest absolute Gasteiger partial charge is 0.516 e. The molecule has 0 aliphatic carbocycles. The number of hydrogen-bond donors (Lipinski definition) is 2. The van der Waals surface area contributed by atoms with E-state index in [2.05, 4.69) is 11.8 Å². The van der Waals surface area contributed by atoms with Crippen molar-refractivity contribution in [2.45, 2.75) is 26.2 Å². The van der Waals surface area contributed by atoms with Crippen LogP contribution in [-0.2, 0) is 0 Å². The van der Waals surface area contributed by atoms with E-state index in [1.165, 1.54) is 12.8 Å². The molecule has 0 amide bonds. The predicted molar refractivity (Wildman–Crippen MR) is 59.5 cm³/mol. The zero-order valence-electron chi connectivity index (χ0n) is 8.89. The van der Waals surface area contributed by atoms with Crippen LogP contribution in [-0.4, -0.2) is 34.7 Å². The lowest BCUT2D eigenvalue weighted by molar-refractivity contribution is 0.319. The number of hydrogen-bond acceptors (Lipinski definition) is 3. The Morgan fingerprint density at radius 3 is 2.00 bits per heavy atom. The van der Waals surface area contributed by atoms with Crippen molar-refractivity contribution in [2.75, 3.05) is 19.6 Å². The van der Waals surface area contributed by atoms with Crippen molar-refractivity contribution in [3.8, 4) is 0 Å². The van der Waals surface area contributed by atoms with Gasteiger partial charge < -0.3 is 10.2 Å². The van der Waals surface area contributed by atoms with Gasteiger partial charge >= 0.3 is 0 Å². The van der Waals surface area contributed by atoms with Gasteiger partial charge in [-0.2, -0.15) is 0 Å². The molecular formula is C11H21NO2. The molecule has 0 aromatic carbocycles. The molecule has 0 rings (SSSR count). The first-order chi connectivity index (χ1) is 6.85. The van der Waals surface area contributed by atoms with Crippen molar-refractivity contribution in [3.05, 3.63) is 24.7 Å². The summed E-state index contributed by atoms with van der Waals surface area (Å²) in [6.07, 6.45) is 9.13. The first-order valence-corrected chi connectivity index (χ1v) is 5.16. The summed E-state index contributed by atoms with van der Waals surface area (Å²) in [5.74, 6) is 0. The van der Waals surface area contributed by atoms with Gasteiger partial charge in [0.1, 0.15) is 0 Å². The fourth-order valence-electron chi connectivity index (χ4n) is 1.23. The van der Waals surface area contributed by atoms with Gasteiger partial charge in [-0.15, -0.1) is 0 Å². The molecule has 3 nitrogen and oxygen atoms in total. The molecule has 0 fully saturated rings. The van der Waals surface area contributed by atoms with Crippen LogP contribution < -0.4 is 0 Å². The SMILES string of the molecule is CCCCCN(CC=CO)CC=CO. The zero-order valence-corrected chi connectivity index (χ0v) is 8.89. The molecule has 0 aliphatic rings. The van der Waals surface area contributed by atoms with Crippen LogP contribution in [0.2, 0.25) is 0 Å². The summed E-state index contributed by atoms with van der Waals surface area (Å²) < 4.78 is 0. The zero-order chi connectivity index (χ0) is 10.6. The van der Waals surface area contributed by atoms with Gasteiger partial charge in [-0.1, -0.05) is 19.8 Å². The molecule has 0 radical (unpaired) electrons. The molecule has 0 unspecified atom stereocenters. The normalized spacial score (nSPS) is 12.1. The molecule has 14 heavy (non-hydrogen) atoms. The Labute approximate surface area is 86.4 Å². The lowest BCUT2D eigenvalue weighted by atomic mass is 10.2. The van der Waals surface area contributed by atoms with Crippen molar-refractivity contribution in [1.29, 1.82) is 0 Å². The lowest BCUT2D eigenvalue weighted by Gasteiger charge is -2.17. The highest BCUT2D eigenvalue weighted by atomic mass is 16.2. The Morgan fingerprint density at radius 2 is 1.57 bits per heavy atom. The summed E-state index contributed by atoms with van der Waals surface area (Å²) in [6, 6.07) is 0. The Balaban J connectivity index is 3.71. The molecule has 0 spiro atoms. The van der Waals surface area contributed by atoms with Crippen molar-refractivity contribution >= 4 is 0 Å². The van der Waals surface area contributed by atoms with E-state index >= 15 is 0 Å². The van der Waals surface area contributed by atoms with Gasteiger partial charge in [-0.3, -0.25) is 4.90 Å². The van der Waals surface area contributed by atoms with Gasteiger partial charge in [0, 0.05) is 13.1 Å².